The van der Waals surface area contributed by atoms with E-state index in [-0.39, 0.29) is 11.3 Å². The molecule has 0 spiro atoms. The molecule has 0 fully saturated rings. The molecule has 146 valence electrons. The number of fused-ring (bicyclic) bond motifs is 1. The van der Waals surface area contributed by atoms with Gasteiger partial charge in [-0.05, 0) is 24.5 Å². The number of aryl methyl sites for hydroxylation is 1. The predicted molar refractivity (Wildman–Crippen MR) is 115 cm³/mol. The summed E-state index contributed by atoms with van der Waals surface area (Å²) in [4.78, 5) is 21.4. The number of hydrogen-bond donors (Lipinski definition) is 2. The molecule has 0 radical (unpaired) electrons. The van der Waals surface area contributed by atoms with E-state index in [1.54, 1.807) is 0 Å². The third-order valence-corrected chi connectivity index (χ3v) is 4.34. The van der Waals surface area contributed by atoms with Crippen molar-refractivity contribution >= 4 is 22.6 Å². The van der Waals surface area contributed by atoms with Crippen LogP contribution in [-0.2, 0) is 4.79 Å². The summed E-state index contributed by atoms with van der Waals surface area (Å²) in [6.45, 7) is 9.39. The fourth-order valence-corrected chi connectivity index (χ4v) is 2.97. The number of nitrogens with one attached hydrogen (secondary N) is 2. The number of amides is 1. The highest BCUT2D eigenvalue weighted by Crippen LogP contribution is 2.25. The average Bonchev–Trinajstić information content (AvgIpc) is 2.64. The van der Waals surface area contributed by atoms with Crippen molar-refractivity contribution < 1.29 is 4.79 Å². The van der Waals surface area contributed by atoms with Crippen molar-refractivity contribution in [3.8, 4) is 11.4 Å². The summed E-state index contributed by atoms with van der Waals surface area (Å²) in [7, 11) is 0. The second-order valence-corrected chi connectivity index (χ2v) is 8.29. The molecule has 0 aliphatic heterocycles. The number of carbonyl (C=O) groups is 1. The summed E-state index contributed by atoms with van der Waals surface area (Å²) in [6, 6.07) is 16.2. The first-order valence-corrected chi connectivity index (χ1v) is 9.66. The Bertz CT molecular complexity index is 958. The predicted octanol–water partition coefficient (Wildman–Crippen LogP) is 4.57. The van der Waals surface area contributed by atoms with E-state index < -0.39 is 0 Å². The molecule has 28 heavy (non-hydrogen) atoms. The van der Waals surface area contributed by atoms with Crippen LogP contribution in [0.15, 0.2) is 48.5 Å². The SMILES string of the molecule is Cc1ccc(-c2nc(NCCNC(=O)CC(C)(C)C)c3ccccc3n2)cc1. The molecule has 1 aromatic heterocycles. The van der Waals surface area contributed by atoms with Crippen LogP contribution in [0, 0.1) is 12.3 Å². The summed E-state index contributed by atoms with van der Waals surface area (Å²) in [5.74, 6) is 1.55. The monoisotopic (exact) mass is 376 g/mol. The zero-order valence-electron chi connectivity index (χ0n) is 17.0. The molecule has 1 amide bonds. The van der Waals surface area contributed by atoms with Crippen molar-refractivity contribution in [1.29, 1.82) is 0 Å². The highest BCUT2D eigenvalue weighted by Gasteiger charge is 2.15. The Hall–Kier alpha value is -2.95. The van der Waals surface area contributed by atoms with E-state index in [0.717, 1.165) is 22.3 Å². The lowest BCUT2D eigenvalue weighted by Gasteiger charge is -2.17. The highest BCUT2D eigenvalue weighted by molar-refractivity contribution is 5.90. The van der Waals surface area contributed by atoms with Gasteiger partial charge in [-0.1, -0.05) is 62.7 Å². The number of nitrogens with zero attached hydrogens (tertiary/aromatic N) is 2. The zero-order valence-corrected chi connectivity index (χ0v) is 17.0. The Morgan fingerprint density at radius 2 is 1.68 bits per heavy atom. The van der Waals surface area contributed by atoms with Crippen LogP contribution in [0.1, 0.15) is 32.8 Å². The van der Waals surface area contributed by atoms with Gasteiger partial charge in [-0.25, -0.2) is 9.97 Å². The molecular weight excluding hydrogens is 348 g/mol. The molecule has 0 atom stereocenters. The molecule has 2 N–H and O–H groups in total. The van der Waals surface area contributed by atoms with Crippen LogP contribution < -0.4 is 10.6 Å². The lowest BCUT2D eigenvalue weighted by atomic mass is 9.92. The van der Waals surface area contributed by atoms with Crippen molar-refractivity contribution in [2.45, 2.75) is 34.1 Å². The fourth-order valence-electron chi connectivity index (χ4n) is 2.97. The Morgan fingerprint density at radius 1 is 0.964 bits per heavy atom. The first-order chi connectivity index (χ1) is 13.3. The molecule has 0 aliphatic rings. The molecule has 3 rings (SSSR count). The van der Waals surface area contributed by atoms with Crippen LogP contribution in [0.2, 0.25) is 0 Å². The minimum Gasteiger partial charge on any atom is -0.368 e. The van der Waals surface area contributed by atoms with Gasteiger partial charge < -0.3 is 10.6 Å². The van der Waals surface area contributed by atoms with E-state index in [9.17, 15) is 4.79 Å². The van der Waals surface area contributed by atoms with Gasteiger partial charge in [0.15, 0.2) is 5.82 Å². The average molecular weight is 377 g/mol. The van der Waals surface area contributed by atoms with Crippen LogP contribution in [0.5, 0.6) is 0 Å². The molecule has 3 aromatic rings. The van der Waals surface area contributed by atoms with Gasteiger partial charge >= 0.3 is 0 Å². The minimum atomic E-state index is -0.0106. The Morgan fingerprint density at radius 3 is 2.39 bits per heavy atom. The van der Waals surface area contributed by atoms with Crippen LogP contribution in [-0.4, -0.2) is 29.0 Å². The number of hydrogen-bond acceptors (Lipinski definition) is 4. The second kappa shape index (κ2) is 8.38. The van der Waals surface area contributed by atoms with Gasteiger partial charge in [0.25, 0.3) is 0 Å². The lowest BCUT2D eigenvalue weighted by molar-refractivity contribution is -0.122. The van der Waals surface area contributed by atoms with Crippen LogP contribution in [0.25, 0.3) is 22.3 Å². The summed E-state index contributed by atoms with van der Waals surface area (Å²) in [5, 5.41) is 7.30. The molecule has 0 bridgehead atoms. The summed E-state index contributed by atoms with van der Waals surface area (Å²) < 4.78 is 0. The Labute approximate surface area is 166 Å². The molecule has 0 aliphatic carbocycles. The number of benzene rings is 2. The number of rotatable bonds is 6. The summed E-state index contributed by atoms with van der Waals surface area (Å²) in [5.41, 5.74) is 3.07. The van der Waals surface area contributed by atoms with Crippen molar-refractivity contribution in [2.75, 3.05) is 18.4 Å². The molecule has 0 saturated heterocycles. The molecule has 1 heterocycles. The standard InChI is InChI=1S/C23H28N4O/c1-16-9-11-17(12-10-16)21-26-19-8-6-5-7-18(19)22(27-21)25-14-13-24-20(28)15-23(2,3)4/h5-12H,13-15H2,1-4H3,(H,24,28)(H,25,26,27). The van der Waals surface area contributed by atoms with Gasteiger partial charge in [-0.3, -0.25) is 4.79 Å². The maximum Gasteiger partial charge on any atom is 0.220 e. The van der Waals surface area contributed by atoms with E-state index >= 15 is 0 Å². The first-order valence-electron chi connectivity index (χ1n) is 9.66. The van der Waals surface area contributed by atoms with Crippen molar-refractivity contribution in [3.05, 3.63) is 54.1 Å². The first kappa shape index (κ1) is 19.8. The van der Waals surface area contributed by atoms with E-state index in [4.69, 9.17) is 9.97 Å². The third-order valence-electron chi connectivity index (χ3n) is 4.34. The smallest absolute Gasteiger partial charge is 0.220 e. The maximum absolute atomic E-state index is 12.0. The number of para-hydroxylation sites is 1. The summed E-state index contributed by atoms with van der Waals surface area (Å²) in [6.07, 6.45) is 0.515. The molecule has 5 nitrogen and oxygen atoms in total. The largest absolute Gasteiger partial charge is 0.368 e. The summed E-state index contributed by atoms with van der Waals surface area (Å²) >= 11 is 0. The fraction of sp³-hybridized carbons (Fsp3) is 0.348. The topological polar surface area (TPSA) is 66.9 Å². The number of carbonyl (C=O) groups excluding carboxylic acids is 1. The van der Waals surface area contributed by atoms with Gasteiger partial charge in [-0.15, -0.1) is 0 Å². The van der Waals surface area contributed by atoms with Gasteiger partial charge in [0.2, 0.25) is 5.91 Å². The quantitative estimate of drug-likeness (QED) is 0.619. The van der Waals surface area contributed by atoms with Crippen LogP contribution in [0.4, 0.5) is 5.82 Å². The molecule has 5 heteroatoms. The minimum absolute atomic E-state index is 0.0106. The third kappa shape index (κ3) is 5.28. The lowest BCUT2D eigenvalue weighted by Crippen LogP contribution is -2.31. The maximum atomic E-state index is 12.0. The molecular formula is C23H28N4O. The van der Waals surface area contributed by atoms with Crippen LogP contribution in [0.3, 0.4) is 0 Å². The van der Waals surface area contributed by atoms with Gasteiger partial charge in [-0.2, -0.15) is 0 Å². The van der Waals surface area contributed by atoms with Crippen molar-refractivity contribution in [3.63, 3.8) is 0 Å². The zero-order chi connectivity index (χ0) is 20.1. The molecule has 2 aromatic carbocycles. The van der Waals surface area contributed by atoms with E-state index in [1.807, 2.05) is 36.4 Å². The van der Waals surface area contributed by atoms with Crippen molar-refractivity contribution in [1.82, 2.24) is 15.3 Å². The van der Waals surface area contributed by atoms with Gasteiger partial charge in [0.05, 0.1) is 5.52 Å². The Balaban J connectivity index is 1.74. The van der Waals surface area contributed by atoms with Gasteiger partial charge in [0, 0.05) is 30.5 Å². The van der Waals surface area contributed by atoms with Crippen molar-refractivity contribution in [2.24, 2.45) is 5.41 Å². The normalized spacial score (nSPS) is 11.4. The molecule has 0 saturated carbocycles. The van der Waals surface area contributed by atoms with Gasteiger partial charge in [0.1, 0.15) is 5.82 Å². The van der Waals surface area contributed by atoms with E-state index in [2.05, 4.69) is 50.5 Å². The number of anilines is 1. The number of aromatic nitrogens is 2. The highest BCUT2D eigenvalue weighted by atomic mass is 16.1. The van der Waals surface area contributed by atoms with E-state index in [1.165, 1.54) is 5.56 Å². The van der Waals surface area contributed by atoms with Crippen LogP contribution >= 0.6 is 0 Å². The molecule has 0 unspecified atom stereocenters. The Kier molecular flexibility index (Phi) is 5.93. The second-order valence-electron chi connectivity index (χ2n) is 8.29. The van der Waals surface area contributed by atoms with E-state index in [0.29, 0.717) is 25.3 Å².